The van der Waals surface area contributed by atoms with E-state index in [0.717, 1.165) is 24.6 Å². The Bertz CT molecular complexity index is 1100. The minimum absolute atomic E-state index is 0.0436. The van der Waals surface area contributed by atoms with Crippen LogP contribution in [0.5, 0.6) is 0 Å². The molecule has 0 bridgehead atoms. The third-order valence-electron chi connectivity index (χ3n) is 4.45. The fraction of sp³-hybridized carbons (Fsp3) is 0.316. The number of aromatic nitrogens is 4. The van der Waals surface area contributed by atoms with Crippen LogP contribution in [0.15, 0.2) is 46.6 Å². The molecule has 10 heteroatoms. The molecule has 4 rings (SSSR count). The zero-order chi connectivity index (χ0) is 20.2. The van der Waals surface area contributed by atoms with Crippen LogP contribution in [0.3, 0.4) is 0 Å². The Morgan fingerprint density at radius 2 is 2.14 bits per heavy atom. The molecule has 0 aliphatic carbocycles. The first-order valence-electron chi connectivity index (χ1n) is 9.12. The van der Waals surface area contributed by atoms with Gasteiger partial charge in [-0.05, 0) is 25.0 Å². The number of nitrogens with zero attached hydrogens (tertiary/aromatic N) is 4. The van der Waals surface area contributed by atoms with E-state index >= 15 is 0 Å². The number of carbonyl (C=O) groups is 1. The number of fused-ring (bicyclic) bond motifs is 1. The second-order valence-electron chi connectivity index (χ2n) is 6.49. The molecule has 0 unspecified atom stereocenters. The molecule has 0 saturated carbocycles. The lowest BCUT2D eigenvalue weighted by molar-refractivity contribution is -0.113. The van der Waals surface area contributed by atoms with Gasteiger partial charge in [-0.2, -0.15) is 0 Å². The third-order valence-corrected chi connectivity index (χ3v) is 5.43. The Morgan fingerprint density at radius 1 is 1.31 bits per heavy atom. The topological polar surface area (TPSA) is 99.0 Å². The van der Waals surface area contributed by atoms with E-state index in [1.54, 1.807) is 12.1 Å². The number of thioether (sulfide) groups is 1. The molecule has 1 amide bonds. The SMILES string of the molecule is O=C(CSc1nc2nccnc2c(=O)n1C[C@H]1CCCO1)Nc1ccccc1F. The second-order valence-corrected chi connectivity index (χ2v) is 7.43. The van der Waals surface area contributed by atoms with Gasteiger partial charge in [-0.1, -0.05) is 23.9 Å². The molecule has 3 heterocycles. The summed E-state index contributed by atoms with van der Waals surface area (Å²) in [7, 11) is 0. The molecule has 29 heavy (non-hydrogen) atoms. The molecule has 1 N–H and O–H groups in total. The molecular weight excluding hydrogens is 397 g/mol. The minimum atomic E-state index is -0.514. The van der Waals surface area contributed by atoms with Crippen molar-refractivity contribution in [1.29, 1.82) is 0 Å². The van der Waals surface area contributed by atoms with Crippen LogP contribution >= 0.6 is 11.8 Å². The Balaban J connectivity index is 1.57. The number of benzene rings is 1. The van der Waals surface area contributed by atoms with Crippen LogP contribution < -0.4 is 10.9 Å². The Morgan fingerprint density at radius 3 is 2.93 bits per heavy atom. The number of hydrogen-bond acceptors (Lipinski definition) is 7. The number of anilines is 1. The van der Waals surface area contributed by atoms with Crippen molar-refractivity contribution in [3.8, 4) is 0 Å². The smallest absolute Gasteiger partial charge is 0.282 e. The average molecular weight is 415 g/mol. The van der Waals surface area contributed by atoms with Crippen molar-refractivity contribution in [1.82, 2.24) is 19.5 Å². The highest BCUT2D eigenvalue weighted by Gasteiger charge is 2.21. The molecule has 1 fully saturated rings. The van der Waals surface area contributed by atoms with Gasteiger partial charge in [0, 0.05) is 19.0 Å². The predicted octanol–water partition coefficient (Wildman–Crippen LogP) is 2.24. The fourth-order valence-corrected chi connectivity index (χ4v) is 3.87. The van der Waals surface area contributed by atoms with Crippen molar-refractivity contribution < 1.29 is 13.9 Å². The first-order chi connectivity index (χ1) is 14.1. The van der Waals surface area contributed by atoms with Crippen LogP contribution in [0, 0.1) is 5.82 Å². The summed E-state index contributed by atoms with van der Waals surface area (Å²) in [6, 6.07) is 5.93. The zero-order valence-corrected chi connectivity index (χ0v) is 16.2. The third kappa shape index (κ3) is 4.43. The standard InChI is InChI=1S/C19H18FN5O3S/c20-13-5-1-2-6-14(13)23-15(26)11-29-19-24-17-16(21-7-8-22-17)18(27)25(19)10-12-4-3-9-28-12/h1-2,5-8,12H,3-4,9-11H2,(H,23,26)/t12-/m1/s1. The number of hydrogen-bond donors (Lipinski definition) is 1. The summed E-state index contributed by atoms with van der Waals surface area (Å²) in [6.07, 6.45) is 4.60. The number of rotatable bonds is 6. The first kappa shape index (κ1) is 19.5. The highest BCUT2D eigenvalue weighted by Crippen LogP contribution is 2.21. The molecule has 1 aliphatic rings. The first-order valence-corrected chi connectivity index (χ1v) is 10.1. The van der Waals surface area contributed by atoms with Gasteiger partial charge in [-0.25, -0.2) is 19.3 Å². The van der Waals surface area contributed by atoms with Gasteiger partial charge >= 0.3 is 0 Å². The van der Waals surface area contributed by atoms with E-state index < -0.39 is 11.7 Å². The van der Waals surface area contributed by atoms with E-state index in [9.17, 15) is 14.0 Å². The van der Waals surface area contributed by atoms with E-state index in [4.69, 9.17) is 4.74 Å². The van der Waals surface area contributed by atoms with Crippen LogP contribution in [-0.2, 0) is 16.1 Å². The number of ether oxygens (including phenoxy) is 1. The summed E-state index contributed by atoms with van der Waals surface area (Å²) in [4.78, 5) is 37.8. The average Bonchev–Trinajstić information content (AvgIpc) is 3.24. The molecule has 0 radical (unpaired) electrons. The van der Waals surface area contributed by atoms with E-state index in [2.05, 4.69) is 20.3 Å². The monoisotopic (exact) mass is 415 g/mol. The molecule has 1 aromatic carbocycles. The van der Waals surface area contributed by atoms with Crippen LogP contribution in [0.2, 0.25) is 0 Å². The Hall–Kier alpha value is -2.85. The van der Waals surface area contributed by atoms with Gasteiger partial charge in [0.05, 0.1) is 24.1 Å². The number of amides is 1. The van der Waals surface area contributed by atoms with Gasteiger partial charge in [-0.15, -0.1) is 0 Å². The number of carbonyl (C=O) groups excluding carboxylic acids is 1. The lowest BCUT2D eigenvalue weighted by Gasteiger charge is -2.15. The number of para-hydroxylation sites is 1. The summed E-state index contributed by atoms with van der Waals surface area (Å²) in [5.41, 5.74) is 0.173. The van der Waals surface area contributed by atoms with Crippen molar-refractivity contribution in [2.75, 3.05) is 17.7 Å². The van der Waals surface area contributed by atoms with Gasteiger partial charge in [-0.3, -0.25) is 14.2 Å². The minimum Gasteiger partial charge on any atom is -0.376 e. The van der Waals surface area contributed by atoms with Gasteiger partial charge in [0.2, 0.25) is 5.91 Å². The van der Waals surface area contributed by atoms with Crippen molar-refractivity contribution in [2.45, 2.75) is 30.6 Å². The molecule has 1 atom stereocenters. The fourth-order valence-electron chi connectivity index (χ4n) is 3.07. The van der Waals surface area contributed by atoms with E-state index in [1.807, 2.05) is 0 Å². The predicted molar refractivity (Wildman–Crippen MR) is 106 cm³/mol. The van der Waals surface area contributed by atoms with E-state index in [0.29, 0.717) is 18.3 Å². The van der Waals surface area contributed by atoms with Crippen molar-refractivity contribution in [3.63, 3.8) is 0 Å². The second kappa shape index (κ2) is 8.66. The summed E-state index contributed by atoms with van der Waals surface area (Å²) in [5, 5.41) is 2.87. The zero-order valence-electron chi connectivity index (χ0n) is 15.4. The van der Waals surface area contributed by atoms with Crippen LogP contribution in [0.1, 0.15) is 12.8 Å². The quantitative estimate of drug-likeness (QED) is 0.487. The number of halogens is 1. The maximum Gasteiger partial charge on any atom is 0.282 e. The largest absolute Gasteiger partial charge is 0.376 e. The molecule has 1 aliphatic heterocycles. The molecule has 2 aromatic heterocycles. The maximum absolute atomic E-state index is 13.7. The molecule has 150 valence electrons. The van der Waals surface area contributed by atoms with E-state index in [-0.39, 0.29) is 34.3 Å². The summed E-state index contributed by atoms with van der Waals surface area (Å²) in [5.74, 6) is -0.963. The molecule has 1 saturated heterocycles. The van der Waals surface area contributed by atoms with Crippen molar-refractivity contribution in [3.05, 3.63) is 52.8 Å². The molecule has 3 aromatic rings. The normalized spacial score (nSPS) is 16.2. The highest BCUT2D eigenvalue weighted by molar-refractivity contribution is 7.99. The van der Waals surface area contributed by atoms with Crippen molar-refractivity contribution >= 4 is 34.5 Å². The lowest BCUT2D eigenvalue weighted by atomic mass is 10.2. The highest BCUT2D eigenvalue weighted by atomic mass is 32.2. The van der Waals surface area contributed by atoms with Gasteiger partial charge in [0.15, 0.2) is 16.3 Å². The van der Waals surface area contributed by atoms with E-state index in [1.165, 1.54) is 29.1 Å². The molecule has 0 spiro atoms. The van der Waals surface area contributed by atoms with Gasteiger partial charge in [0.1, 0.15) is 5.82 Å². The summed E-state index contributed by atoms with van der Waals surface area (Å²) < 4.78 is 20.8. The summed E-state index contributed by atoms with van der Waals surface area (Å²) >= 11 is 1.09. The summed E-state index contributed by atoms with van der Waals surface area (Å²) in [6.45, 7) is 0.989. The van der Waals surface area contributed by atoms with Gasteiger partial charge < -0.3 is 10.1 Å². The van der Waals surface area contributed by atoms with Crippen LogP contribution in [-0.4, -0.2) is 43.9 Å². The Kier molecular flexibility index (Phi) is 5.81. The van der Waals surface area contributed by atoms with Crippen LogP contribution in [0.25, 0.3) is 11.2 Å². The van der Waals surface area contributed by atoms with Crippen LogP contribution in [0.4, 0.5) is 10.1 Å². The number of nitrogens with one attached hydrogen (secondary N) is 1. The maximum atomic E-state index is 13.7. The lowest BCUT2D eigenvalue weighted by Crippen LogP contribution is -2.30. The van der Waals surface area contributed by atoms with Crippen molar-refractivity contribution in [2.24, 2.45) is 0 Å². The molecular formula is C19H18FN5O3S. The Labute approximate surface area is 169 Å². The van der Waals surface area contributed by atoms with Gasteiger partial charge in [0.25, 0.3) is 5.56 Å². The molecule has 8 nitrogen and oxygen atoms in total.